The van der Waals surface area contributed by atoms with E-state index in [-0.39, 0.29) is 17.3 Å². The molecular weight excluding hydrogens is 214 g/mol. The van der Waals surface area contributed by atoms with Gasteiger partial charge in [-0.3, -0.25) is 0 Å². The zero-order valence-corrected chi connectivity index (χ0v) is 10.8. The van der Waals surface area contributed by atoms with E-state index in [1.165, 1.54) is 6.33 Å². The Kier molecular flexibility index (Phi) is 3.89. The maximum absolute atomic E-state index is 9.04. The summed E-state index contributed by atoms with van der Waals surface area (Å²) in [5, 5.41) is 12.3. The molecule has 0 bridgehead atoms. The third-order valence-corrected chi connectivity index (χ3v) is 2.75. The topological polar surface area (TPSA) is 87.6 Å². The number of nitrogens with one attached hydrogen (secondary N) is 1. The second kappa shape index (κ2) is 5.00. The molecule has 92 valence electrons. The van der Waals surface area contributed by atoms with Crippen LogP contribution < -0.4 is 11.1 Å². The minimum Gasteiger partial charge on any atom is -0.382 e. The molecule has 0 unspecified atom stereocenters. The molecule has 17 heavy (non-hydrogen) atoms. The van der Waals surface area contributed by atoms with Gasteiger partial charge in [-0.2, -0.15) is 5.26 Å². The van der Waals surface area contributed by atoms with Crippen LogP contribution in [0.25, 0.3) is 0 Å². The van der Waals surface area contributed by atoms with E-state index in [0.29, 0.717) is 11.4 Å². The van der Waals surface area contributed by atoms with Crippen LogP contribution in [0.4, 0.5) is 11.6 Å². The summed E-state index contributed by atoms with van der Waals surface area (Å²) >= 11 is 0. The van der Waals surface area contributed by atoms with Crippen LogP contribution in [0, 0.1) is 16.7 Å². The van der Waals surface area contributed by atoms with Crippen molar-refractivity contribution in [2.75, 3.05) is 11.1 Å². The number of nitrogens with two attached hydrogens (primary N) is 1. The number of hydrogen-bond donors (Lipinski definition) is 2. The van der Waals surface area contributed by atoms with E-state index in [1.54, 1.807) is 0 Å². The number of nitrogens with zero attached hydrogens (tertiary/aromatic N) is 3. The average Bonchev–Trinajstić information content (AvgIpc) is 2.24. The second-order valence-corrected chi connectivity index (χ2v) is 5.07. The largest absolute Gasteiger partial charge is 0.382 e. The van der Waals surface area contributed by atoms with Gasteiger partial charge in [0.15, 0.2) is 0 Å². The molecule has 5 nitrogen and oxygen atoms in total. The van der Waals surface area contributed by atoms with Crippen molar-refractivity contribution in [3.8, 4) is 6.07 Å². The van der Waals surface area contributed by atoms with Gasteiger partial charge in [0.05, 0.1) is 0 Å². The predicted molar refractivity (Wildman–Crippen MR) is 68.3 cm³/mol. The Hall–Kier alpha value is -1.83. The first-order valence-corrected chi connectivity index (χ1v) is 5.67. The van der Waals surface area contributed by atoms with Gasteiger partial charge in [-0.05, 0) is 11.8 Å². The van der Waals surface area contributed by atoms with Crippen LogP contribution in [0.5, 0.6) is 0 Å². The first-order chi connectivity index (χ1) is 7.90. The summed E-state index contributed by atoms with van der Waals surface area (Å²) in [6, 6.07) is 2.26. The Morgan fingerprint density at radius 3 is 2.59 bits per heavy atom. The highest BCUT2D eigenvalue weighted by atomic mass is 15.1. The van der Waals surface area contributed by atoms with Crippen molar-refractivity contribution in [3.63, 3.8) is 0 Å². The van der Waals surface area contributed by atoms with E-state index < -0.39 is 0 Å². The molecule has 5 heteroatoms. The summed E-state index contributed by atoms with van der Waals surface area (Å²) in [5.41, 5.74) is 6.04. The average molecular weight is 233 g/mol. The van der Waals surface area contributed by atoms with Crippen molar-refractivity contribution in [1.29, 1.82) is 5.26 Å². The molecule has 0 fully saturated rings. The lowest BCUT2D eigenvalue weighted by Crippen LogP contribution is -2.34. The molecule has 0 amide bonds. The van der Waals surface area contributed by atoms with Crippen molar-refractivity contribution in [1.82, 2.24) is 9.97 Å². The molecule has 1 heterocycles. The van der Waals surface area contributed by atoms with Gasteiger partial charge in [0.2, 0.25) is 0 Å². The molecule has 0 saturated heterocycles. The van der Waals surface area contributed by atoms with Gasteiger partial charge >= 0.3 is 0 Å². The third-order valence-electron chi connectivity index (χ3n) is 2.75. The lowest BCUT2D eigenvalue weighted by atomic mass is 9.85. The minimum atomic E-state index is 0.0845. The van der Waals surface area contributed by atoms with Crippen LogP contribution in [-0.4, -0.2) is 16.0 Å². The quantitative estimate of drug-likeness (QED) is 0.835. The minimum absolute atomic E-state index is 0.0845. The number of nitrogen functional groups attached to an aromatic ring is 1. The molecule has 1 atom stereocenters. The summed E-state index contributed by atoms with van der Waals surface area (Å²) < 4.78 is 0. The number of rotatable bonds is 3. The van der Waals surface area contributed by atoms with E-state index in [1.807, 2.05) is 6.07 Å². The van der Waals surface area contributed by atoms with Gasteiger partial charge in [0, 0.05) is 6.04 Å². The third kappa shape index (κ3) is 3.06. The highest BCUT2D eigenvalue weighted by molar-refractivity contribution is 5.62. The number of anilines is 2. The molecule has 0 aliphatic heterocycles. The van der Waals surface area contributed by atoms with Gasteiger partial charge < -0.3 is 11.1 Å². The molecular formula is C12H19N5. The SMILES string of the molecule is CC[C@H](Nc1ncnc(N)c1C#N)C(C)(C)C. The maximum Gasteiger partial charge on any atom is 0.149 e. The number of nitriles is 1. The normalized spacial score (nSPS) is 12.9. The molecule has 0 radical (unpaired) electrons. The van der Waals surface area contributed by atoms with E-state index >= 15 is 0 Å². The van der Waals surface area contributed by atoms with Crippen LogP contribution in [0.2, 0.25) is 0 Å². The summed E-state index contributed by atoms with van der Waals surface area (Å²) in [6.45, 7) is 8.53. The fourth-order valence-corrected chi connectivity index (χ4v) is 1.71. The molecule has 1 rings (SSSR count). The maximum atomic E-state index is 9.04. The fourth-order valence-electron chi connectivity index (χ4n) is 1.71. The van der Waals surface area contributed by atoms with Gasteiger partial charge in [0.1, 0.15) is 29.6 Å². The van der Waals surface area contributed by atoms with Crippen molar-refractivity contribution in [3.05, 3.63) is 11.9 Å². The predicted octanol–water partition coefficient (Wildman–Crippen LogP) is 2.17. The van der Waals surface area contributed by atoms with Crippen molar-refractivity contribution < 1.29 is 0 Å². The Morgan fingerprint density at radius 1 is 1.47 bits per heavy atom. The fraction of sp³-hybridized carbons (Fsp3) is 0.583. The van der Waals surface area contributed by atoms with E-state index in [0.717, 1.165) is 6.42 Å². The Bertz CT molecular complexity index is 428. The van der Waals surface area contributed by atoms with Gasteiger partial charge in [-0.25, -0.2) is 9.97 Å². The summed E-state index contributed by atoms with van der Waals surface area (Å²) in [5.74, 6) is 0.732. The van der Waals surface area contributed by atoms with Crippen LogP contribution in [0.1, 0.15) is 39.7 Å². The van der Waals surface area contributed by atoms with Crippen molar-refractivity contribution >= 4 is 11.6 Å². The molecule has 0 saturated carbocycles. The summed E-state index contributed by atoms with van der Waals surface area (Å²) in [6.07, 6.45) is 2.31. The Labute approximate surface area is 102 Å². The van der Waals surface area contributed by atoms with Crippen LogP contribution >= 0.6 is 0 Å². The molecule has 0 aromatic carbocycles. The van der Waals surface area contributed by atoms with Gasteiger partial charge in [0.25, 0.3) is 0 Å². The van der Waals surface area contributed by atoms with Crippen LogP contribution in [0.3, 0.4) is 0 Å². The van der Waals surface area contributed by atoms with E-state index in [9.17, 15) is 0 Å². The zero-order valence-electron chi connectivity index (χ0n) is 10.8. The molecule has 0 aliphatic carbocycles. The van der Waals surface area contributed by atoms with E-state index in [2.05, 4.69) is 43.0 Å². The van der Waals surface area contributed by atoms with Gasteiger partial charge in [-0.15, -0.1) is 0 Å². The smallest absolute Gasteiger partial charge is 0.149 e. The lowest BCUT2D eigenvalue weighted by molar-refractivity contribution is 0.333. The van der Waals surface area contributed by atoms with E-state index in [4.69, 9.17) is 11.0 Å². The summed E-state index contributed by atoms with van der Waals surface area (Å²) in [4.78, 5) is 7.90. The first kappa shape index (κ1) is 13.2. The number of hydrogen-bond acceptors (Lipinski definition) is 5. The molecule has 3 N–H and O–H groups in total. The van der Waals surface area contributed by atoms with Crippen molar-refractivity contribution in [2.45, 2.75) is 40.2 Å². The molecule has 1 aromatic rings. The Morgan fingerprint density at radius 2 is 2.12 bits per heavy atom. The number of aromatic nitrogens is 2. The molecule has 0 aliphatic rings. The monoisotopic (exact) mass is 233 g/mol. The van der Waals surface area contributed by atoms with Crippen LogP contribution in [-0.2, 0) is 0 Å². The lowest BCUT2D eigenvalue weighted by Gasteiger charge is -2.31. The van der Waals surface area contributed by atoms with Crippen LogP contribution in [0.15, 0.2) is 6.33 Å². The summed E-state index contributed by atoms with van der Waals surface area (Å²) in [7, 11) is 0. The van der Waals surface area contributed by atoms with Gasteiger partial charge in [-0.1, -0.05) is 27.7 Å². The molecule has 0 spiro atoms. The highest BCUT2D eigenvalue weighted by Crippen LogP contribution is 2.26. The first-order valence-electron chi connectivity index (χ1n) is 5.67. The Balaban J connectivity index is 3.03. The second-order valence-electron chi connectivity index (χ2n) is 5.07. The highest BCUT2D eigenvalue weighted by Gasteiger charge is 2.24. The van der Waals surface area contributed by atoms with Crippen molar-refractivity contribution in [2.24, 2.45) is 5.41 Å². The standard InChI is InChI=1S/C12H19N5/c1-5-9(12(2,3)4)17-11-8(6-13)10(14)15-7-16-11/h7,9H,5H2,1-4H3,(H3,14,15,16,17)/t9-/m0/s1. The molecule has 1 aromatic heterocycles. The zero-order chi connectivity index (χ0) is 13.1.